The molecule has 2 amide bonds. The number of anilines is 1. The van der Waals surface area contributed by atoms with Gasteiger partial charge in [0.15, 0.2) is 0 Å². The molecule has 0 saturated heterocycles. The smallest absolute Gasteiger partial charge is 0.264 e. The van der Waals surface area contributed by atoms with Gasteiger partial charge in [0.1, 0.15) is 18.3 Å². The Kier molecular flexibility index (Phi) is 11.2. The predicted molar refractivity (Wildman–Crippen MR) is 166 cm³/mol. The first-order valence-electron chi connectivity index (χ1n) is 13.1. The highest BCUT2D eigenvalue weighted by Gasteiger charge is 2.34. The van der Waals surface area contributed by atoms with E-state index in [1.807, 2.05) is 20.8 Å². The molecule has 0 aliphatic carbocycles. The third kappa shape index (κ3) is 8.02. The molecule has 0 fully saturated rings. The Hall–Kier alpha value is -3.08. The first-order chi connectivity index (χ1) is 19.4. The van der Waals surface area contributed by atoms with Gasteiger partial charge in [0, 0.05) is 17.6 Å². The Balaban J connectivity index is 2.09. The molecule has 0 heterocycles. The maximum absolute atomic E-state index is 14.1. The molecule has 0 spiro atoms. The Morgan fingerprint density at radius 2 is 1.71 bits per heavy atom. The molecular formula is C30H35BrClN3O5S. The highest BCUT2D eigenvalue weighted by Crippen LogP contribution is 2.31. The standard InChI is InChI=1S/C30H35BrClN3O5S/c1-6-27(30(37)33-20(2)3)34(18-22-9-7-8-10-26(22)32)29(36)19-35(23-13-11-21(4)12-14-23)41(38,39)24-15-16-28(40-5)25(31)17-24/h7-17,20,27H,6,18-19H2,1-5H3,(H,33,37)/t27-/m0/s1. The van der Waals surface area contributed by atoms with Gasteiger partial charge in [-0.3, -0.25) is 13.9 Å². The normalized spacial score (nSPS) is 12.1. The lowest BCUT2D eigenvalue weighted by molar-refractivity contribution is -0.140. The number of ether oxygens (including phenoxy) is 1. The van der Waals surface area contributed by atoms with E-state index in [9.17, 15) is 18.0 Å². The van der Waals surface area contributed by atoms with Crippen LogP contribution in [0.15, 0.2) is 76.1 Å². The average molecular weight is 665 g/mol. The highest BCUT2D eigenvalue weighted by molar-refractivity contribution is 9.10. The molecular weight excluding hydrogens is 630 g/mol. The van der Waals surface area contributed by atoms with Gasteiger partial charge in [0.25, 0.3) is 10.0 Å². The molecule has 3 aromatic carbocycles. The zero-order chi connectivity index (χ0) is 30.3. The van der Waals surface area contributed by atoms with E-state index >= 15 is 0 Å². The molecule has 1 N–H and O–H groups in total. The van der Waals surface area contributed by atoms with Crippen LogP contribution in [0, 0.1) is 6.92 Å². The quantitative estimate of drug-likeness (QED) is 0.258. The van der Waals surface area contributed by atoms with Crippen molar-refractivity contribution in [1.82, 2.24) is 10.2 Å². The van der Waals surface area contributed by atoms with Crippen molar-refractivity contribution in [3.63, 3.8) is 0 Å². The molecule has 220 valence electrons. The number of hydrogen-bond acceptors (Lipinski definition) is 5. The number of methoxy groups -OCH3 is 1. The van der Waals surface area contributed by atoms with Crippen LogP contribution in [0.25, 0.3) is 0 Å². The Morgan fingerprint density at radius 3 is 2.27 bits per heavy atom. The van der Waals surface area contributed by atoms with Crippen LogP contribution < -0.4 is 14.4 Å². The number of benzene rings is 3. The topological polar surface area (TPSA) is 96.0 Å². The molecule has 3 aromatic rings. The number of carbonyl (C=O) groups excluding carboxylic acids is 2. The monoisotopic (exact) mass is 663 g/mol. The SMILES string of the molecule is CC[C@@H](C(=O)NC(C)C)N(Cc1ccccc1Cl)C(=O)CN(c1ccc(C)cc1)S(=O)(=O)c1ccc(OC)c(Br)c1. The third-order valence-electron chi connectivity index (χ3n) is 6.43. The van der Waals surface area contributed by atoms with Crippen LogP contribution in [0.3, 0.4) is 0 Å². The van der Waals surface area contributed by atoms with Crippen molar-refractivity contribution in [3.05, 3.63) is 87.4 Å². The van der Waals surface area contributed by atoms with E-state index < -0.39 is 28.5 Å². The number of sulfonamides is 1. The number of hydrogen-bond donors (Lipinski definition) is 1. The van der Waals surface area contributed by atoms with Crippen molar-refractivity contribution in [3.8, 4) is 5.75 Å². The summed E-state index contributed by atoms with van der Waals surface area (Å²) in [6.07, 6.45) is 0.317. The second-order valence-corrected chi connectivity index (χ2v) is 13.0. The average Bonchev–Trinajstić information content (AvgIpc) is 2.92. The van der Waals surface area contributed by atoms with E-state index in [4.69, 9.17) is 16.3 Å². The van der Waals surface area contributed by atoms with E-state index in [-0.39, 0.29) is 23.4 Å². The summed E-state index contributed by atoms with van der Waals surface area (Å²) in [5, 5.41) is 3.32. The molecule has 1 atom stereocenters. The second kappa shape index (κ2) is 14.2. The van der Waals surface area contributed by atoms with E-state index in [1.165, 1.54) is 24.1 Å². The van der Waals surface area contributed by atoms with Crippen molar-refractivity contribution in [1.29, 1.82) is 0 Å². The van der Waals surface area contributed by atoms with E-state index in [1.54, 1.807) is 61.5 Å². The predicted octanol–water partition coefficient (Wildman–Crippen LogP) is 5.95. The number of nitrogens with one attached hydrogen (secondary N) is 1. The van der Waals surface area contributed by atoms with Gasteiger partial charge < -0.3 is 15.0 Å². The first kappa shape index (κ1) is 32.4. The lowest BCUT2D eigenvalue weighted by Crippen LogP contribution is -2.53. The third-order valence-corrected chi connectivity index (χ3v) is 9.19. The van der Waals surface area contributed by atoms with Crippen molar-refractivity contribution in [2.75, 3.05) is 18.0 Å². The number of halogens is 2. The fraction of sp³-hybridized carbons (Fsp3) is 0.333. The van der Waals surface area contributed by atoms with Crippen LogP contribution in [-0.2, 0) is 26.2 Å². The van der Waals surface area contributed by atoms with Crippen LogP contribution in [0.2, 0.25) is 5.02 Å². The molecule has 0 saturated carbocycles. The lowest BCUT2D eigenvalue weighted by atomic mass is 10.1. The largest absolute Gasteiger partial charge is 0.496 e. The number of amides is 2. The molecule has 0 unspecified atom stereocenters. The second-order valence-electron chi connectivity index (χ2n) is 9.84. The highest BCUT2D eigenvalue weighted by atomic mass is 79.9. The maximum atomic E-state index is 14.1. The molecule has 0 aromatic heterocycles. The Morgan fingerprint density at radius 1 is 1.05 bits per heavy atom. The first-order valence-corrected chi connectivity index (χ1v) is 15.8. The molecule has 3 rings (SSSR count). The summed E-state index contributed by atoms with van der Waals surface area (Å²) >= 11 is 9.79. The van der Waals surface area contributed by atoms with Crippen LogP contribution in [0.5, 0.6) is 5.75 Å². The van der Waals surface area contributed by atoms with Crippen molar-refractivity contribution < 1.29 is 22.7 Å². The molecule has 0 bridgehead atoms. The summed E-state index contributed by atoms with van der Waals surface area (Å²) in [5.41, 5.74) is 1.89. The van der Waals surface area contributed by atoms with Gasteiger partial charge in [-0.25, -0.2) is 8.42 Å². The summed E-state index contributed by atoms with van der Waals surface area (Å²) in [4.78, 5) is 28.7. The maximum Gasteiger partial charge on any atom is 0.264 e. The molecule has 0 aliphatic rings. The molecule has 11 heteroatoms. The number of nitrogens with zero attached hydrogens (tertiary/aromatic N) is 2. The van der Waals surface area contributed by atoms with Gasteiger partial charge in [-0.1, -0.05) is 54.4 Å². The number of carbonyl (C=O) groups is 2. The zero-order valence-electron chi connectivity index (χ0n) is 23.7. The van der Waals surface area contributed by atoms with E-state index in [0.29, 0.717) is 32.9 Å². The Bertz CT molecular complexity index is 1480. The van der Waals surface area contributed by atoms with Gasteiger partial charge in [-0.15, -0.1) is 0 Å². The molecule has 0 radical (unpaired) electrons. The minimum atomic E-state index is -4.22. The van der Waals surface area contributed by atoms with Gasteiger partial charge >= 0.3 is 0 Å². The summed E-state index contributed by atoms with van der Waals surface area (Å²) < 4.78 is 34.9. The minimum Gasteiger partial charge on any atom is -0.496 e. The summed E-state index contributed by atoms with van der Waals surface area (Å²) in [5.74, 6) is -0.408. The fourth-order valence-corrected chi connectivity index (χ4v) is 6.61. The van der Waals surface area contributed by atoms with Crippen LogP contribution in [0.1, 0.15) is 38.3 Å². The minimum absolute atomic E-state index is 0.0262. The van der Waals surface area contributed by atoms with Crippen molar-refractivity contribution in [2.24, 2.45) is 0 Å². The van der Waals surface area contributed by atoms with Gasteiger partial charge in [0.05, 0.1) is 22.2 Å². The van der Waals surface area contributed by atoms with Gasteiger partial charge in [-0.05, 0) is 85.1 Å². The van der Waals surface area contributed by atoms with Crippen LogP contribution >= 0.6 is 27.5 Å². The lowest BCUT2D eigenvalue weighted by Gasteiger charge is -2.33. The fourth-order valence-electron chi connectivity index (χ4n) is 4.28. The van der Waals surface area contributed by atoms with Crippen LogP contribution in [0.4, 0.5) is 5.69 Å². The zero-order valence-corrected chi connectivity index (χ0v) is 26.9. The van der Waals surface area contributed by atoms with Crippen molar-refractivity contribution in [2.45, 2.75) is 57.6 Å². The van der Waals surface area contributed by atoms with Crippen molar-refractivity contribution >= 4 is 55.1 Å². The molecule has 41 heavy (non-hydrogen) atoms. The van der Waals surface area contributed by atoms with Gasteiger partial charge in [0.2, 0.25) is 11.8 Å². The molecule has 0 aliphatic heterocycles. The van der Waals surface area contributed by atoms with E-state index in [2.05, 4.69) is 21.2 Å². The Labute approximate surface area is 255 Å². The number of rotatable bonds is 12. The summed E-state index contributed by atoms with van der Waals surface area (Å²) in [6, 6.07) is 17.3. The van der Waals surface area contributed by atoms with Gasteiger partial charge in [-0.2, -0.15) is 0 Å². The summed E-state index contributed by atoms with van der Waals surface area (Å²) in [6.45, 7) is 6.86. The van der Waals surface area contributed by atoms with Crippen LogP contribution in [-0.4, -0.2) is 50.9 Å². The molecule has 8 nitrogen and oxygen atoms in total. The van der Waals surface area contributed by atoms with E-state index in [0.717, 1.165) is 9.87 Å². The number of aryl methyl sites for hydroxylation is 1. The summed E-state index contributed by atoms with van der Waals surface area (Å²) in [7, 11) is -2.74.